The van der Waals surface area contributed by atoms with Crippen LogP contribution in [0.5, 0.6) is 5.75 Å². The lowest BCUT2D eigenvalue weighted by atomic mass is 9.74. The number of nitrogens with two attached hydrogens (primary N) is 1. The molecule has 3 rings (SSSR count). The molecule has 102 valence electrons. The third kappa shape index (κ3) is 2.02. The van der Waals surface area contributed by atoms with Crippen LogP contribution >= 0.6 is 0 Å². The van der Waals surface area contributed by atoms with Gasteiger partial charge >= 0.3 is 0 Å². The van der Waals surface area contributed by atoms with Crippen molar-refractivity contribution in [1.82, 2.24) is 4.57 Å². The highest BCUT2D eigenvalue weighted by atomic mass is 16.5. The van der Waals surface area contributed by atoms with Crippen LogP contribution < -0.4 is 10.5 Å². The average Bonchev–Trinajstić information content (AvgIpc) is 2.70. The molecule has 0 aliphatic heterocycles. The number of hydrogen-bond acceptors (Lipinski definition) is 2. The Hall–Kier alpha value is -1.48. The molecule has 2 N–H and O–H groups in total. The Morgan fingerprint density at radius 1 is 1.37 bits per heavy atom. The predicted molar refractivity (Wildman–Crippen MR) is 78.6 cm³/mol. The first-order valence-electron chi connectivity index (χ1n) is 7.08. The Kier molecular flexibility index (Phi) is 3.23. The minimum atomic E-state index is 0.497. The molecule has 0 amide bonds. The second-order valence-corrected chi connectivity index (χ2v) is 5.59. The molecular formula is C16H22N2O. The first-order valence-corrected chi connectivity index (χ1v) is 7.08. The summed E-state index contributed by atoms with van der Waals surface area (Å²) in [5.74, 6) is 2.18. The number of benzene rings is 1. The van der Waals surface area contributed by atoms with Gasteiger partial charge in [-0.3, -0.25) is 0 Å². The summed E-state index contributed by atoms with van der Waals surface area (Å²) < 4.78 is 7.60. The summed E-state index contributed by atoms with van der Waals surface area (Å²) in [5, 5.41) is 1.25. The second-order valence-electron chi connectivity index (χ2n) is 5.59. The molecule has 0 spiro atoms. The minimum Gasteiger partial charge on any atom is -0.497 e. The fourth-order valence-electron chi connectivity index (χ4n) is 3.23. The molecule has 1 aliphatic rings. The van der Waals surface area contributed by atoms with Crippen LogP contribution in [0.2, 0.25) is 0 Å². The van der Waals surface area contributed by atoms with E-state index in [4.69, 9.17) is 10.5 Å². The maximum atomic E-state index is 6.02. The summed E-state index contributed by atoms with van der Waals surface area (Å²) in [6, 6.07) is 8.54. The van der Waals surface area contributed by atoms with E-state index >= 15 is 0 Å². The summed E-state index contributed by atoms with van der Waals surface area (Å²) in [6.45, 7) is 0.742. The Bertz CT molecular complexity index is 584. The van der Waals surface area contributed by atoms with E-state index in [2.05, 4.69) is 29.8 Å². The molecule has 19 heavy (non-hydrogen) atoms. The van der Waals surface area contributed by atoms with Crippen LogP contribution in [0.3, 0.4) is 0 Å². The number of rotatable bonds is 4. The lowest BCUT2D eigenvalue weighted by Crippen LogP contribution is -2.28. The van der Waals surface area contributed by atoms with Crippen LogP contribution in [0.4, 0.5) is 0 Å². The molecule has 1 fully saturated rings. The van der Waals surface area contributed by atoms with Gasteiger partial charge in [0.05, 0.1) is 7.11 Å². The molecule has 1 unspecified atom stereocenters. The molecule has 1 aromatic carbocycles. The summed E-state index contributed by atoms with van der Waals surface area (Å²) in [4.78, 5) is 0. The van der Waals surface area contributed by atoms with Crippen molar-refractivity contribution >= 4 is 10.9 Å². The van der Waals surface area contributed by atoms with E-state index in [9.17, 15) is 0 Å². The Balaban J connectivity index is 2.05. The Morgan fingerprint density at radius 3 is 2.74 bits per heavy atom. The third-order valence-corrected chi connectivity index (χ3v) is 4.64. The van der Waals surface area contributed by atoms with E-state index in [1.54, 1.807) is 7.11 Å². The van der Waals surface area contributed by atoms with Crippen LogP contribution in [0, 0.1) is 5.92 Å². The number of ether oxygens (including phenoxy) is 1. The maximum Gasteiger partial charge on any atom is 0.119 e. The van der Waals surface area contributed by atoms with Crippen molar-refractivity contribution in [2.75, 3.05) is 13.7 Å². The number of aromatic nitrogens is 1. The first-order chi connectivity index (χ1) is 9.24. The van der Waals surface area contributed by atoms with Gasteiger partial charge in [-0.15, -0.1) is 0 Å². The molecule has 0 radical (unpaired) electrons. The van der Waals surface area contributed by atoms with Gasteiger partial charge in [0.25, 0.3) is 0 Å². The van der Waals surface area contributed by atoms with Crippen molar-refractivity contribution in [3.63, 3.8) is 0 Å². The Labute approximate surface area is 114 Å². The van der Waals surface area contributed by atoms with E-state index in [-0.39, 0.29) is 0 Å². The van der Waals surface area contributed by atoms with E-state index in [1.165, 1.54) is 35.9 Å². The van der Waals surface area contributed by atoms with Crippen molar-refractivity contribution in [2.45, 2.75) is 25.2 Å². The highest BCUT2D eigenvalue weighted by Gasteiger charge is 2.29. The molecule has 1 heterocycles. The molecule has 1 aromatic heterocycles. The van der Waals surface area contributed by atoms with Gasteiger partial charge in [-0.2, -0.15) is 0 Å². The molecule has 0 bridgehead atoms. The number of methoxy groups -OCH3 is 1. The van der Waals surface area contributed by atoms with E-state index in [1.807, 2.05) is 6.07 Å². The topological polar surface area (TPSA) is 40.2 Å². The zero-order chi connectivity index (χ0) is 13.4. The van der Waals surface area contributed by atoms with Gasteiger partial charge in [0.2, 0.25) is 0 Å². The van der Waals surface area contributed by atoms with E-state index in [0.717, 1.165) is 18.2 Å². The number of hydrogen-bond donors (Lipinski definition) is 1. The summed E-state index contributed by atoms with van der Waals surface area (Å²) in [6.07, 6.45) is 4.01. The predicted octanol–water partition coefficient (Wildman–Crippen LogP) is 3.03. The zero-order valence-electron chi connectivity index (χ0n) is 11.7. The smallest absolute Gasteiger partial charge is 0.119 e. The largest absolute Gasteiger partial charge is 0.497 e. The van der Waals surface area contributed by atoms with Gasteiger partial charge in [0, 0.05) is 36.1 Å². The monoisotopic (exact) mass is 258 g/mol. The lowest BCUT2D eigenvalue weighted by Gasteiger charge is -2.33. The van der Waals surface area contributed by atoms with Gasteiger partial charge < -0.3 is 15.0 Å². The fourth-order valence-corrected chi connectivity index (χ4v) is 3.23. The molecule has 3 nitrogen and oxygen atoms in total. The van der Waals surface area contributed by atoms with Crippen LogP contribution in [-0.2, 0) is 7.05 Å². The van der Waals surface area contributed by atoms with Crippen LogP contribution in [0.15, 0.2) is 24.3 Å². The van der Waals surface area contributed by atoms with Gasteiger partial charge in [-0.25, -0.2) is 0 Å². The first kappa shape index (κ1) is 12.5. The summed E-state index contributed by atoms with van der Waals surface area (Å²) >= 11 is 0. The molecule has 1 aliphatic carbocycles. The van der Waals surface area contributed by atoms with Crippen molar-refractivity contribution in [3.8, 4) is 5.75 Å². The standard InChI is InChI=1S/C16H22N2O/c1-18-15-7-6-13(19-2)8-12(15)9-16(18)14(10-17)11-4-3-5-11/h6-9,11,14H,3-5,10,17H2,1-2H3. The van der Waals surface area contributed by atoms with E-state index < -0.39 is 0 Å². The molecule has 2 aromatic rings. The molecule has 1 atom stereocenters. The van der Waals surface area contributed by atoms with Gasteiger partial charge in [-0.1, -0.05) is 6.42 Å². The van der Waals surface area contributed by atoms with E-state index in [0.29, 0.717) is 5.92 Å². The van der Waals surface area contributed by atoms with Crippen molar-refractivity contribution in [2.24, 2.45) is 18.7 Å². The molecular weight excluding hydrogens is 236 g/mol. The SMILES string of the molecule is COc1ccc2c(c1)cc(C(CN)C1CCC1)n2C. The summed E-state index contributed by atoms with van der Waals surface area (Å²) in [7, 11) is 3.85. The number of aryl methyl sites for hydroxylation is 1. The molecule has 3 heteroatoms. The average molecular weight is 258 g/mol. The van der Waals surface area contributed by atoms with Crippen LogP contribution in [0.25, 0.3) is 10.9 Å². The van der Waals surface area contributed by atoms with Crippen molar-refractivity contribution in [3.05, 3.63) is 30.0 Å². The molecule has 1 saturated carbocycles. The summed E-state index contributed by atoms with van der Waals surface area (Å²) in [5.41, 5.74) is 8.65. The zero-order valence-corrected chi connectivity index (χ0v) is 11.7. The number of fused-ring (bicyclic) bond motifs is 1. The maximum absolute atomic E-state index is 6.02. The van der Waals surface area contributed by atoms with Crippen LogP contribution in [-0.4, -0.2) is 18.2 Å². The second kappa shape index (κ2) is 4.89. The Morgan fingerprint density at radius 2 is 2.16 bits per heavy atom. The van der Waals surface area contributed by atoms with Crippen molar-refractivity contribution < 1.29 is 4.74 Å². The quantitative estimate of drug-likeness (QED) is 0.915. The lowest BCUT2D eigenvalue weighted by molar-refractivity contribution is 0.258. The van der Waals surface area contributed by atoms with Crippen molar-refractivity contribution in [1.29, 1.82) is 0 Å². The minimum absolute atomic E-state index is 0.497. The highest BCUT2D eigenvalue weighted by Crippen LogP contribution is 2.40. The van der Waals surface area contributed by atoms with Gasteiger partial charge in [0.15, 0.2) is 0 Å². The van der Waals surface area contributed by atoms with Gasteiger partial charge in [-0.05, 0) is 43.0 Å². The third-order valence-electron chi connectivity index (χ3n) is 4.64. The number of nitrogens with zero attached hydrogens (tertiary/aromatic N) is 1. The fraction of sp³-hybridized carbons (Fsp3) is 0.500. The van der Waals surface area contributed by atoms with Crippen LogP contribution in [0.1, 0.15) is 30.9 Å². The molecule has 0 saturated heterocycles. The highest BCUT2D eigenvalue weighted by molar-refractivity contribution is 5.83. The van der Waals surface area contributed by atoms with Gasteiger partial charge in [0.1, 0.15) is 5.75 Å². The normalized spacial score (nSPS) is 17.4.